The molecule has 0 saturated carbocycles. The van der Waals surface area contributed by atoms with Gasteiger partial charge in [0.1, 0.15) is 0 Å². The molecule has 0 aliphatic carbocycles. The normalized spacial score (nSPS) is 10.3. The van der Waals surface area contributed by atoms with Crippen LogP contribution in [0.1, 0.15) is 15.9 Å². The molecule has 18 heavy (non-hydrogen) atoms. The molecule has 0 unspecified atom stereocenters. The second-order valence-corrected chi connectivity index (χ2v) is 4.26. The predicted molar refractivity (Wildman–Crippen MR) is 69.8 cm³/mol. The van der Waals surface area contributed by atoms with E-state index in [1.165, 1.54) is 6.07 Å². The lowest BCUT2D eigenvalue weighted by Gasteiger charge is -2.05. The van der Waals surface area contributed by atoms with Crippen LogP contribution in [0.25, 0.3) is 11.1 Å². The first-order valence-electron chi connectivity index (χ1n) is 5.35. The third-order valence-corrected chi connectivity index (χ3v) is 2.98. The maximum Gasteiger partial charge on any atom is 0.337 e. The Hall–Kier alpha value is -1.84. The number of carboxylic acid groups (broad SMARTS) is 1. The van der Waals surface area contributed by atoms with Crippen LogP contribution in [0, 0.1) is 0 Å². The van der Waals surface area contributed by atoms with E-state index < -0.39 is 5.97 Å². The number of rotatable bonds is 3. The summed E-state index contributed by atoms with van der Waals surface area (Å²) in [4.78, 5) is 10.8. The van der Waals surface area contributed by atoms with Crippen LogP contribution >= 0.6 is 11.6 Å². The fourth-order valence-corrected chi connectivity index (χ4v) is 1.93. The van der Waals surface area contributed by atoms with E-state index >= 15 is 0 Å². The van der Waals surface area contributed by atoms with Crippen LogP contribution in [0.15, 0.2) is 42.5 Å². The highest BCUT2D eigenvalue weighted by Crippen LogP contribution is 2.26. The molecule has 0 spiro atoms. The summed E-state index contributed by atoms with van der Waals surface area (Å²) in [5.74, 6) is -1.04. The van der Waals surface area contributed by atoms with Gasteiger partial charge >= 0.3 is 5.97 Å². The van der Waals surface area contributed by atoms with Crippen molar-refractivity contribution >= 4 is 17.6 Å². The minimum atomic E-state index is -1.04. The van der Waals surface area contributed by atoms with Crippen LogP contribution < -0.4 is 0 Å². The Morgan fingerprint density at radius 1 is 1.06 bits per heavy atom. The molecule has 0 atom stereocenters. The summed E-state index contributed by atoms with van der Waals surface area (Å²) < 4.78 is 0. The molecule has 2 rings (SSSR count). The second-order valence-electron chi connectivity index (χ2n) is 3.85. The summed E-state index contributed by atoms with van der Waals surface area (Å²) >= 11 is 5.91. The predicted octanol–water partition coefficient (Wildman–Crippen LogP) is 3.20. The zero-order chi connectivity index (χ0) is 13.1. The molecule has 92 valence electrons. The molecule has 0 amide bonds. The molecular formula is C14H11ClO3. The van der Waals surface area contributed by atoms with Crippen molar-refractivity contribution in [3.05, 3.63) is 58.6 Å². The van der Waals surface area contributed by atoms with Crippen LogP contribution in [0.2, 0.25) is 5.02 Å². The summed E-state index contributed by atoms with van der Waals surface area (Å²) in [6, 6.07) is 12.2. The van der Waals surface area contributed by atoms with Gasteiger partial charge in [-0.15, -0.1) is 0 Å². The van der Waals surface area contributed by atoms with Gasteiger partial charge in [0, 0.05) is 0 Å². The standard InChI is InChI=1S/C14H11ClO3/c15-13-7-11(5-6-12(13)14(17)18)10-3-1-9(8-16)2-4-10/h1-7,16H,8H2,(H,17,18). The Kier molecular flexibility index (Phi) is 3.65. The van der Waals surface area contributed by atoms with Crippen LogP contribution in [0.5, 0.6) is 0 Å². The van der Waals surface area contributed by atoms with Crippen molar-refractivity contribution in [1.82, 2.24) is 0 Å². The van der Waals surface area contributed by atoms with E-state index in [9.17, 15) is 4.79 Å². The van der Waals surface area contributed by atoms with E-state index in [2.05, 4.69) is 0 Å². The Morgan fingerprint density at radius 3 is 2.17 bits per heavy atom. The van der Waals surface area contributed by atoms with Gasteiger partial charge in [-0.05, 0) is 28.8 Å². The van der Waals surface area contributed by atoms with Crippen molar-refractivity contribution in [1.29, 1.82) is 0 Å². The van der Waals surface area contributed by atoms with Crippen molar-refractivity contribution < 1.29 is 15.0 Å². The van der Waals surface area contributed by atoms with E-state index in [1.54, 1.807) is 12.1 Å². The van der Waals surface area contributed by atoms with Crippen molar-refractivity contribution in [2.24, 2.45) is 0 Å². The van der Waals surface area contributed by atoms with E-state index in [-0.39, 0.29) is 17.2 Å². The highest BCUT2D eigenvalue weighted by molar-refractivity contribution is 6.33. The van der Waals surface area contributed by atoms with Gasteiger partial charge in [-0.3, -0.25) is 0 Å². The maximum absolute atomic E-state index is 10.8. The average molecular weight is 263 g/mol. The number of hydrogen-bond acceptors (Lipinski definition) is 2. The average Bonchev–Trinajstić information content (AvgIpc) is 2.38. The molecule has 0 aliphatic heterocycles. The van der Waals surface area contributed by atoms with Crippen LogP contribution in [0.3, 0.4) is 0 Å². The number of aliphatic hydroxyl groups excluding tert-OH is 1. The molecule has 0 saturated heterocycles. The third-order valence-electron chi connectivity index (χ3n) is 2.67. The van der Waals surface area contributed by atoms with Gasteiger partial charge in [-0.2, -0.15) is 0 Å². The quantitative estimate of drug-likeness (QED) is 0.893. The molecule has 0 fully saturated rings. The van der Waals surface area contributed by atoms with Crippen molar-refractivity contribution in [3.63, 3.8) is 0 Å². The molecule has 0 bridgehead atoms. The van der Waals surface area contributed by atoms with E-state index in [4.69, 9.17) is 21.8 Å². The van der Waals surface area contributed by atoms with Gasteiger partial charge in [0.15, 0.2) is 0 Å². The number of carboxylic acids is 1. The largest absolute Gasteiger partial charge is 0.478 e. The molecule has 2 aromatic rings. The SMILES string of the molecule is O=C(O)c1ccc(-c2ccc(CO)cc2)cc1Cl. The van der Waals surface area contributed by atoms with Gasteiger partial charge in [-0.25, -0.2) is 4.79 Å². The van der Waals surface area contributed by atoms with E-state index in [0.717, 1.165) is 16.7 Å². The number of aliphatic hydroxyl groups is 1. The number of hydrogen-bond donors (Lipinski definition) is 2. The van der Waals surface area contributed by atoms with Crippen molar-refractivity contribution in [2.45, 2.75) is 6.61 Å². The van der Waals surface area contributed by atoms with Crippen LogP contribution in [-0.2, 0) is 6.61 Å². The van der Waals surface area contributed by atoms with Crippen LogP contribution in [0.4, 0.5) is 0 Å². The van der Waals surface area contributed by atoms with Gasteiger partial charge in [-0.1, -0.05) is 41.9 Å². The molecule has 0 radical (unpaired) electrons. The first kappa shape index (κ1) is 12.6. The van der Waals surface area contributed by atoms with Gasteiger partial charge in [0.25, 0.3) is 0 Å². The first-order valence-corrected chi connectivity index (χ1v) is 5.72. The van der Waals surface area contributed by atoms with Gasteiger partial charge in [0.2, 0.25) is 0 Å². The summed E-state index contributed by atoms with van der Waals surface area (Å²) in [5, 5.41) is 18.1. The lowest BCUT2D eigenvalue weighted by atomic mass is 10.0. The minimum absolute atomic E-state index is 0.00100. The number of benzene rings is 2. The number of carbonyl (C=O) groups is 1. The highest BCUT2D eigenvalue weighted by atomic mass is 35.5. The van der Waals surface area contributed by atoms with E-state index in [1.807, 2.05) is 24.3 Å². The highest BCUT2D eigenvalue weighted by Gasteiger charge is 2.09. The molecule has 2 N–H and O–H groups in total. The Balaban J connectivity index is 2.39. The zero-order valence-electron chi connectivity index (χ0n) is 9.43. The fourth-order valence-electron chi connectivity index (χ4n) is 1.67. The Labute approximate surface area is 109 Å². The summed E-state index contributed by atoms with van der Waals surface area (Å²) in [6.07, 6.45) is 0. The van der Waals surface area contributed by atoms with Gasteiger partial charge < -0.3 is 10.2 Å². The van der Waals surface area contributed by atoms with Crippen molar-refractivity contribution in [3.8, 4) is 11.1 Å². The third kappa shape index (κ3) is 2.53. The molecule has 3 nitrogen and oxygen atoms in total. The topological polar surface area (TPSA) is 57.5 Å². The van der Waals surface area contributed by atoms with E-state index in [0.29, 0.717) is 0 Å². The smallest absolute Gasteiger partial charge is 0.337 e. The fraction of sp³-hybridized carbons (Fsp3) is 0.0714. The summed E-state index contributed by atoms with van der Waals surface area (Å²) in [7, 11) is 0. The van der Waals surface area contributed by atoms with Gasteiger partial charge in [0.05, 0.1) is 17.2 Å². The van der Waals surface area contributed by atoms with Crippen molar-refractivity contribution in [2.75, 3.05) is 0 Å². The maximum atomic E-state index is 10.8. The molecular weight excluding hydrogens is 252 g/mol. The molecule has 0 aliphatic rings. The lowest BCUT2D eigenvalue weighted by molar-refractivity contribution is 0.0697. The molecule has 4 heteroatoms. The molecule has 0 aromatic heterocycles. The number of aromatic carboxylic acids is 1. The minimum Gasteiger partial charge on any atom is -0.478 e. The summed E-state index contributed by atoms with van der Waals surface area (Å²) in [5.41, 5.74) is 2.68. The Morgan fingerprint density at radius 2 is 1.67 bits per heavy atom. The lowest BCUT2D eigenvalue weighted by Crippen LogP contribution is -1.97. The monoisotopic (exact) mass is 262 g/mol. The second kappa shape index (κ2) is 5.21. The first-order chi connectivity index (χ1) is 8.61. The molecule has 2 aromatic carbocycles. The number of halogens is 1. The van der Waals surface area contributed by atoms with Crippen LogP contribution in [-0.4, -0.2) is 16.2 Å². The zero-order valence-corrected chi connectivity index (χ0v) is 10.2. The Bertz CT molecular complexity index is 576. The summed E-state index contributed by atoms with van der Waals surface area (Å²) in [6.45, 7) is -0.00100. The molecule has 0 heterocycles.